The van der Waals surface area contributed by atoms with Crippen LogP contribution in [0.3, 0.4) is 0 Å². The number of rotatable bonds is 6. The number of Topliss-reactive ketones (excluding diaryl/α,β-unsaturated/α-hetero) is 2. The lowest BCUT2D eigenvalue weighted by molar-refractivity contribution is -0.117. The Labute approximate surface area is 151 Å². The van der Waals surface area contributed by atoms with Crippen molar-refractivity contribution in [2.45, 2.75) is 82.1 Å². The summed E-state index contributed by atoms with van der Waals surface area (Å²) in [5.41, 5.74) is 0. The van der Waals surface area contributed by atoms with Gasteiger partial charge in [-0.25, -0.2) is 0 Å². The Kier molecular flexibility index (Phi) is 105. The second-order valence-corrected chi connectivity index (χ2v) is 3.68. The third kappa shape index (κ3) is 144. The summed E-state index contributed by atoms with van der Waals surface area (Å²) >= 11 is 0. The monoisotopic (exact) mass is 346 g/mol. The van der Waals surface area contributed by atoms with Gasteiger partial charge in [-0.2, -0.15) is 0 Å². The Balaban J connectivity index is -0.0000000325. The summed E-state index contributed by atoms with van der Waals surface area (Å²) in [5.74, 6) is 0.403. The van der Waals surface area contributed by atoms with Crippen molar-refractivity contribution >= 4 is 11.6 Å². The molecule has 4 nitrogen and oxygen atoms in total. The van der Waals surface area contributed by atoms with E-state index < -0.39 is 0 Å². The van der Waals surface area contributed by atoms with Crippen LogP contribution in [0.1, 0.15) is 82.1 Å². The lowest BCUT2D eigenvalue weighted by Gasteiger charge is -1.80. The molecule has 0 saturated carbocycles. The molecule has 4 heteroatoms. The van der Waals surface area contributed by atoms with Gasteiger partial charge in [0.2, 0.25) is 0 Å². The van der Waals surface area contributed by atoms with Crippen LogP contribution in [0, 0.1) is 9.93 Å². The Morgan fingerprint density at radius 3 is 1.21 bits per heavy atom. The van der Waals surface area contributed by atoms with Gasteiger partial charge in [-0.1, -0.05) is 66.9 Å². The van der Waals surface area contributed by atoms with Crippen molar-refractivity contribution < 1.29 is 9.59 Å². The maximum atomic E-state index is 10.3. The number of ketones is 2. The molecule has 0 aromatic carbocycles. The lowest BCUT2D eigenvalue weighted by Crippen LogP contribution is -1.83. The fourth-order valence-corrected chi connectivity index (χ4v) is 0.619. The Hall–Kier alpha value is -1.84. The van der Waals surface area contributed by atoms with Crippen LogP contribution in [0.4, 0.5) is 0 Å². The zero-order valence-corrected chi connectivity index (χ0v) is 15.2. The van der Waals surface area contributed by atoms with Crippen molar-refractivity contribution in [3.05, 3.63) is 47.4 Å². The van der Waals surface area contributed by atoms with Crippen molar-refractivity contribution in [1.29, 1.82) is 0 Å². The van der Waals surface area contributed by atoms with E-state index in [-0.39, 0.29) is 26.4 Å². The van der Waals surface area contributed by atoms with Gasteiger partial charge in [0.05, 0.1) is 0 Å². The molecule has 0 amide bonds. The minimum absolute atomic E-state index is 0. The number of carbonyl (C=O) groups is 2. The van der Waals surface area contributed by atoms with E-state index >= 15 is 0 Å². The van der Waals surface area contributed by atoms with E-state index in [1.165, 1.54) is 0 Å². The molecule has 146 valence electrons. The molecule has 0 aliphatic rings. The number of hydrogen-bond acceptors (Lipinski definition) is 4. The van der Waals surface area contributed by atoms with Gasteiger partial charge in [0.1, 0.15) is 11.6 Å². The summed E-state index contributed by atoms with van der Waals surface area (Å²) in [6, 6.07) is 0. The second kappa shape index (κ2) is 58.2. The molecule has 0 aromatic heterocycles. The van der Waals surface area contributed by atoms with Gasteiger partial charge < -0.3 is 0 Å². The number of hydrogen-bond donors (Lipinski definition) is 0. The van der Waals surface area contributed by atoms with Crippen molar-refractivity contribution in [1.82, 2.24) is 0 Å². The van der Waals surface area contributed by atoms with E-state index in [9.17, 15) is 9.59 Å². The lowest BCUT2D eigenvalue weighted by atomic mass is 10.3. The first-order chi connectivity index (χ1) is 10.5. The highest BCUT2D eigenvalue weighted by Gasteiger charge is 1.82. The molecular formula is C20H42O4. The molecule has 0 fully saturated rings. The van der Waals surface area contributed by atoms with Crippen LogP contribution in [-0.4, -0.2) is 11.6 Å². The Bertz CT molecular complexity index is 269. The van der Waals surface area contributed by atoms with Crippen LogP contribution in [0.5, 0.6) is 0 Å². The van der Waals surface area contributed by atoms with Crippen LogP contribution >= 0.6 is 0 Å². The van der Waals surface area contributed by atoms with Crippen molar-refractivity contribution in [3.63, 3.8) is 0 Å². The quantitative estimate of drug-likeness (QED) is 0.484. The second-order valence-electron chi connectivity index (χ2n) is 3.68. The van der Waals surface area contributed by atoms with E-state index in [2.05, 4.69) is 27.0 Å². The van der Waals surface area contributed by atoms with Crippen LogP contribution < -0.4 is 0 Å². The molecule has 0 heterocycles. The summed E-state index contributed by atoms with van der Waals surface area (Å²) in [4.78, 5) is 34.2. The smallest absolute Gasteiger partial charge is 0.133 e. The van der Waals surface area contributed by atoms with Crippen LogP contribution in [-0.2, 0) is 9.59 Å². The summed E-state index contributed by atoms with van der Waals surface area (Å²) in [6.07, 6.45) is 10.6. The topological polar surface area (TPSA) is 68.3 Å². The van der Waals surface area contributed by atoms with Gasteiger partial charge in [0.15, 0.2) is 0 Å². The molecule has 0 atom stereocenters. The predicted molar refractivity (Wildman–Crippen MR) is 112 cm³/mol. The first-order valence-electron chi connectivity index (χ1n) is 7.48. The highest BCUT2D eigenvalue weighted by atomic mass is 16.7. The molecule has 0 radical (unpaired) electrons. The number of allylic oxidation sites excluding steroid dienone is 4. The maximum Gasteiger partial charge on any atom is 0.133 e. The average Bonchev–Trinajstić information content (AvgIpc) is 2.52. The molecule has 0 bridgehead atoms. The van der Waals surface area contributed by atoms with Crippen LogP contribution in [0.15, 0.2) is 37.5 Å². The maximum absolute atomic E-state index is 10.3. The van der Waals surface area contributed by atoms with Gasteiger partial charge in [-0.3, -0.25) is 9.59 Å². The molecular weight excluding hydrogens is 304 g/mol. The van der Waals surface area contributed by atoms with Crippen molar-refractivity contribution in [2.75, 3.05) is 0 Å². The molecule has 0 aliphatic heterocycles. The molecule has 0 aromatic rings. The van der Waals surface area contributed by atoms with E-state index in [1.54, 1.807) is 19.9 Å². The highest BCUT2D eigenvalue weighted by Crippen LogP contribution is 1.86. The molecule has 24 heavy (non-hydrogen) atoms. The van der Waals surface area contributed by atoms with E-state index in [0.717, 1.165) is 12.8 Å². The Morgan fingerprint density at radius 2 is 1.08 bits per heavy atom. The first kappa shape index (κ1) is 43.2. The summed E-state index contributed by atoms with van der Waals surface area (Å²) in [5, 5.41) is 0. The zero-order valence-electron chi connectivity index (χ0n) is 15.2. The van der Waals surface area contributed by atoms with E-state index in [0.29, 0.717) is 12.8 Å². The molecule has 0 unspecified atom stereocenters. The summed E-state index contributed by atoms with van der Waals surface area (Å²) in [6.45, 7) is 18.1. The van der Waals surface area contributed by atoms with Gasteiger partial charge >= 0.3 is 0 Å². The molecule has 0 spiro atoms. The molecule has 0 N–H and O–H groups in total. The summed E-state index contributed by atoms with van der Waals surface area (Å²) < 4.78 is 0. The molecule has 0 rings (SSSR count). The zero-order chi connectivity index (χ0) is 18.8. The largest absolute Gasteiger partial charge is 0.300 e. The van der Waals surface area contributed by atoms with Crippen molar-refractivity contribution in [2.24, 2.45) is 0 Å². The molecule has 0 saturated heterocycles. The normalized spacial score (nSPS) is 6.75. The van der Waals surface area contributed by atoms with Gasteiger partial charge in [-0.05, 0) is 26.7 Å². The SMILES string of the molecule is C.C.C=CCC.C=CCC(C)=O.CC.CC/C=C\CC(C)=O.O=O. The summed E-state index contributed by atoms with van der Waals surface area (Å²) in [7, 11) is 0. The minimum Gasteiger partial charge on any atom is -0.300 e. The number of carbonyl (C=O) groups excluding carboxylic acids is 2. The highest BCUT2D eigenvalue weighted by molar-refractivity contribution is 5.77. The first-order valence-corrected chi connectivity index (χ1v) is 7.48. The standard InChI is InChI=1S/C7H12O.C5H8O.C4H8.C2H6.2CH4.O2/c1-3-4-5-6-7(2)8;1-3-4-5(2)6;1-3-4-2;1-2;;;1-2/h4-5H,3,6H2,1-2H3;3H,1,4H2,2H3;3H,1,4H2,2H3;1-2H3;2*1H4;/b5-4-;;;;;;. The van der Waals surface area contributed by atoms with E-state index in [1.807, 2.05) is 32.1 Å². The minimum atomic E-state index is 0. The molecule has 0 aliphatic carbocycles. The van der Waals surface area contributed by atoms with Crippen LogP contribution in [0.2, 0.25) is 0 Å². The average molecular weight is 347 g/mol. The predicted octanol–water partition coefficient (Wildman–Crippen LogP) is 7.03. The fraction of sp³-hybridized carbons (Fsp3) is 0.600. The van der Waals surface area contributed by atoms with Gasteiger partial charge in [0, 0.05) is 22.8 Å². The van der Waals surface area contributed by atoms with Crippen molar-refractivity contribution in [3.8, 4) is 0 Å². The van der Waals surface area contributed by atoms with Crippen LogP contribution in [0.25, 0.3) is 0 Å². The van der Waals surface area contributed by atoms with E-state index in [4.69, 9.17) is 9.93 Å². The third-order valence-electron chi connectivity index (χ3n) is 1.53. The third-order valence-corrected chi connectivity index (χ3v) is 1.53. The Morgan fingerprint density at radius 1 is 0.750 bits per heavy atom. The van der Waals surface area contributed by atoms with Gasteiger partial charge in [-0.15, -0.1) is 13.2 Å². The fourth-order valence-electron chi connectivity index (χ4n) is 0.619. The van der Waals surface area contributed by atoms with Gasteiger partial charge in [0.25, 0.3) is 0 Å².